The van der Waals surface area contributed by atoms with E-state index in [0.29, 0.717) is 11.8 Å². The summed E-state index contributed by atoms with van der Waals surface area (Å²) in [5.74, 6) is 0.576. The molecule has 1 N–H and O–H groups in total. The van der Waals surface area contributed by atoms with Crippen LogP contribution in [0.2, 0.25) is 0 Å². The summed E-state index contributed by atoms with van der Waals surface area (Å²) >= 11 is 0. The predicted molar refractivity (Wildman–Crippen MR) is 108 cm³/mol. The average Bonchev–Trinajstić information content (AvgIpc) is 3.02. The van der Waals surface area contributed by atoms with Crippen LogP contribution in [-0.2, 0) is 24.2 Å². The molecule has 0 amide bonds. The first-order valence-corrected chi connectivity index (χ1v) is 10.4. The van der Waals surface area contributed by atoms with Gasteiger partial charge in [-0.1, -0.05) is 57.9 Å². The second-order valence-electron chi connectivity index (χ2n) is 8.15. The molecule has 0 fully saturated rings. The molecule has 1 aliphatic heterocycles. The maximum absolute atomic E-state index is 10.6. The topological polar surface area (TPSA) is 68.0 Å². The first-order valence-electron chi connectivity index (χ1n) is 10.4. The standard InChI is InChI=1S/C20H29N3.C2HF3O2/c1-15(2)14-17-9-11-18(12-10-17)16(3)20-22-21-19-8-6-4-5-7-13-23(19)20;3-2(4,5)1(6)7/h9-12,15-16H,4-8,13-14H2,1-3H3;(H,6,7)/t16-;/m0./s1. The highest BCUT2D eigenvalue weighted by Crippen LogP contribution is 2.26. The van der Waals surface area contributed by atoms with Gasteiger partial charge in [0.05, 0.1) is 0 Å². The van der Waals surface area contributed by atoms with E-state index < -0.39 is 12.1 Å². The molecule has 1 aromatic heterocycles. The molecular weight excluding hydrogens is 395 g/mol. The Morgan fingerprint density at radius 2 is 1.67 bits per heavy atom. The Hall–Kier alpha value is -2.38. The zero-order chi connectivity index (χ0) is 22.3. The summed E-state index contributed by atoms with van der Waals surface area (Å²) in [4.78, 5) is 8.90. The molecule has 1 aliphatic rings. The largest absolute Gasteiger partial charge is 0.490 e. The van der Waals surface area contributed by atoms with Crippen LogP contribution in [0.3, 0.4) is 0 Å². The third kappa shape index (κ3) is 6.85. The van der Waals surface area contributed by atoms with Crippen molar-refractivity contribution in [1.29, 1.82) is 0 Å². The van der Waals surface area contributed by atoms with Crippen molar-refractivity contribution in [3.05, 3.63) is 47.0 Å². The lowest BCUT2D eigenvalue weighted by Crippen LogP contribution is -2.21. The molecule has 1 atom stereocenters. The summed E-state index contributed by atoms with van der Waals surface area (Å²) in [5.41, 5.74) is 2.77. The van der Waals surface area contributed by atoms with E-state index in [1.54, 1.807) is 0 Å². The summed E-state index contributed by atoms with van der Waals surface area (Å²) in [6, 6.07) is 9.09. The van der Waals surface area contributed by atoms with Crippen molar-refractivity contribution in [1.82, 2.24) is 14.8 Å². The molecule has 1 aromatic carbocycles. The number of carboxylic acid groups (broad SMARTS) is 1. The maximum atomic E-state index is 10.6. The molecule has 0 bridgehead atoms. The molecule has 5 nitrogen and oxygen atoms in total. The number of benzene rings is 1. The van der Waals surface area contributed by atoms with E-state index in [1.807, 2.05) is 0 Å². The molecule has 0 spiro atoms. The summed E-state index contributed by atoms with van der Waals surface area (Å²) in [5, 5.41) is 16.1. The van der Waals surface area contributed by atoms with Gasteiger partial charge < -0.3 is 9.67 Å². The molecule has 3 rings (SSSR count). The molecule has 2 heterocycles. The van der Waals surface area contributed by atoms with Gasteiger partial charge in [0.15, 0.2) is 0 Å². The van der Waals surface area contributed by atoms with Gasteiger partial charge in [0, 0.05) is 18.9 Å². The van der Waals surface area contributed by atoms with Gasteiger partial charge in [-0.15, -0.1) is 10.2 Å². The van der Waals surface area contributed by atoms with Gasteiger partial charge in [-0.05, 0) is 36.3 Å². The van der Waals surface area contributed by atoms with Gasteiger partial charge in [0.2, 0.25) is 0 Å². The minimum Gasteiger partial charge on any atom is -0.475 e. The summed E-state index contributed by atoms with van der Waals surface area (Å²) < 4.78 is 34.1. The Labute approximate surface area is 175 Å². The van der Waals surface area contributed by atoms with Crippen LogP contribution in [0.4, 0.5) is 13.2 Å². The number of nitrogens with zero attached hydrogens (tertiary/aromatic N) is 3. The minimum absolute atomic E-state index is 0.309. The summed E-state index contributed by atoms with van der Waals surface area (Å²) in [6.45, 7) is 7.87. The Morgan fingerprint density at radius 1 is 1.07 bits per heavy atom. The van der Waals surface area contributed by atoms with Gasteiger partial charge in [-0.2, -0.15) is 13.2 Å². The molecule has 166 valence electrons. The fourth-order valence-corrected chi connectivity index (χ4v) is 3.57. The SMILES string of the molecule is CC(C)Cc1ccc([C@H](C)c2nnc3n2CCCCCC3)cc1.O=C(O)C(F)(F)F. The van der Waals surface area contributed by atoms with Crippen molar-refractivity contribution in [2.24, 2.45) is 5.92 Å². The molecule has 0 unspecified atom stereocenters. The molecule has 2 aromatic rings. The van der Waals surface area contributed by atoms with Gasteiger partial charge in [-0.25, -0.2) is 4.79 Å². The minimum atomic E-state index is -5.08. The van der Waals surface area contributed by atoms with Crippen LogP contribution in [0.15, 0.2) is 24.3 Å². The van der Waals surface area contributed by atoms with Crippen molar-refractivity contribution in [3.8, 4) is 0 Å². The Kier molecular flexibility index (Phi) is 8.43. The monoisotopic (exact) mass is 425 g/mol. The second kappa shape index (κ2) is 10.6. The lowest BCUT2D eigenvalue weighted by atomic mass is 9.96. The van der Waals surface area contributed by atoms with Gasteiger partial charge in [-0.3, -0.25) is 0 Å². The van der Waals surface area contributed by atoms with Crippen LogP contribution in [-0.4, -0.2) is 32.0 Å². The van der Waals surface area contributed by atoms with Crippen LogP contribution in [0, 0.1) is 5.92 Å². The first kappa shape index (κ1) is 23.9. The molecule has 30 heavy (non-hydrogen) atoms. The van der Waals surface area contributed by atoms with Crippen molar-refractivity contribution in [3.63, 3.8) is 0 Å². The highest BCUT2D eigenvalue weighted by Gasteiger charge is 2.38. The molecular formula is C22H30F3N3O2. The third-order valence-electron chi connectivity index (χ3n) is 5.14. The smallest absolute Gasteiger partial charge is 0.475 e. The molecule has 8 heteroatoms. The predicted octanol–water partition coefficient (Wildman–Crippen LogP) is 5.38. The Bertz CT molecular complexity index is 814. The first-order chi connectivity index (χ1) is 14.1. The Morgan fingerprint density at radius 3 is 2.23 bits per heavy atom. The molecule has 0 radical (unpaired) electrons. The average molecular weight is 425 g/mol. The fourth-order valence-electron chi connectivity index (χ4n) is 3.57. The summed E-state index contributed by atoms with van der Waals surface area (Å²) in [6.07, 6.45) is 2.29. The molecule has 0 aliphatic carbocycles. The van der Waals surface area contributed by atoms with Crippen molar-refractivity contribution >= 4 is 5.97 Å². The number of aliphatic carboxylic acids is 1. The lowest BCUT2D eigenvalue weighted by Gasteiger charge is -2.17. The highest BCUT2D eigenvalue weighted by molar-refractivity contribution is 5.73. The Balaban J connectivity index is 0.000000396. The van der Waals surface area contributed by atoms with E-state index in [2.05, 4.69) is 59.8 Å². The normalized spacial score (nSPS) is 15.4. The van der Waals surface area contributed by atoms with Crippen LogP contribution < -0.4 is 0 Å². The number of rotatable bonds is 4. The van der Waals surface area contributed by atoms with Crippen molar-refractivity contribution < 1.29 is 23.1 Å². The number of carbonyl (C=O) groups is 1. The summed E-state index contributed by atoms with van der Waals surface area (Å²) in [7, 11) is 0. The fraction of sp³-hybridized carbons (Fsp3) is 0.591. The van der Waals surface area contributed by atoms with E-state index in [0.717, 1.165) is 25.2 Å². The van der Waals surface area contributed by atoms with Crippen LogP contribution in [0.5, 0.6) is 0 Å². The lowest BCUT2D eigenvalue weighted by molar-refractivity contribution is -0.192. The number of fused-ring (bicyclic) bond motifs is 1. The number of hydrogen-bond donors (Lipinski definition) is 1. The van der Waals surface area contributed by atoms with E-state index in [4.69, 9.17) is 9.90 Å². The zero-order valence-corrected chi connectivity index (χ0v) is 17.7. The van der Waals surface area contributed by atoms with Crippen LogP contribution >= 0.6 is 0 Å². The van der Waals surface area contributed by atoms with E-state index in [9.17, 15) is 13.2 Å². The number of halogens is 3. The molecule has 0 saturated heterocycles. The van der Waals surface area contributed by atoms with Gasteiger partial charge in [0.25, 0.3) is 0 Å². The third-order valence-corrected chi connectivity index (χ3v) is 5.14. The number of hydrogen-bond acceptors (Lipinski definition) is 3. The number of alkyl halides is 3. The maximum Gasteiger partial charge on any atom is 0.490 e. The van der Waals surface area contributed by atoms with E-state index in [-0.39, 0.29) is 0 Å². The van der Waals surface area contributed by atoms with Crippen LogP contribution in [0.25, 0.3) is 0 Å². The van der Waals surface area contributed by atoms with E-state index in [1.165, 1.54) is 42.6 Å². The van der Waals surface area contributed by atoms with Crippen molar-refractivity contribution in [2.75, 3.05) is 0 Å². The highest BCUT2D eigenvalue weighted by atomic mass is 19.4. The number of aromatic nitrogens is 3. The van der Waals surface area contributed by atoms with Gasteiger partial charge in [0.1, 0.15) is 11.6 Å². The van der Waals surface area contributed by atoms with E-state index >= 15 is 0 Å². The second-order valence-corrected chi connectivity index (χ2v) is 8.15. The van der Waals surface area contributed by atoms with Gasteiger partial charge >= 0.3 is 12.1 Å². The quantitative estimate of drug-likeness (QED) is 0.714. The number of aryl methyl sites for hydroxylation is 1. The molecule has 0 saturated carbocycles. The van der Waals surface area contributed by atoms with Crippen LogP contribution in [0.1, 0.15) is 75.1 Å². The zero-order valence-electron chi connectivity index (χ0n) is 17.7. The van der Waals surface area contributed by atoms with Crippen molar-refractivity contribution in [2.45, 2.75) is 77.9 Å². The number of carboxylic acids is 1.